The van der Waals surface area contributed by atoms with Crippen LogP contribution >= 0.6 is 11.3 Å². The van der Waals surface area contributed by atoms with Crippen molar-refractivity contribution >= 4 is 11.3 Å². The van der Waals surface area contributed by atoms with Gasteiger partial charge in [0.25, 0.3) is 0 Å². The van der Waals surface area contributed by atoms with E-state index in [2.05, 4.69) is 47.6 Å². The average molecular weight is 292 g/mol. The minimum atomic E-state index is 0.241. The lowest BCUT2D eigenvalue weighted by Crippen LogP contribution is -2.33. The Morgan fingerprint density at radius 1 is 1.45 bits per heavy atom. The number of aromatic nitrogens is 2. The van der Waals surface area contributed by atoms with Crippen LogP contribution in [0.4, 0.5) is 0 Å². The van der Waals surface area contributed by atoms with E-state index in [4.69, 9.17) is 5.73 Å². The molecule has 0 fully saturated rings. The van der Waals surface area contributed by atoms with Gasteiger partial charge in [0.1, 0.15) is 0 Å². The minimum Gasteiger partial charge on any atom is -0.329 e. The first-order valence-corrected chi connectivity index (χ1v) is 8.06. The Kier molecular flexibility index (Phi) is 5.34. The normalized spacial score (nSPS) is 13.1. The summed E-state index contributed by atoms with van der Waals surface area (Å²) in [6.45, 7) is 6.90. The van der Waals surface area contributed by atoms with Gasteiger partial charge in [-0.3, -0.25) is 9.58 Å². The molecule has 2 aromatic heterocycles. The molecule has 110 valence electrons. The van der Waals surface area contributed by atoms with Crippen LogP contribution in [-0.2, 0) is 20.0 Å². The summed E-state index contributed by atoms with van der Waals surface area (Å²) in [6.07, 6.45) is 3.07. The number of hydrogen-bond acceptors (Lipinski definition) is 4. The first kappa shape index (κ1) is 15.2. The Hall–Kier alpha value is -1.17. The highest BCUT2D eigenvalue weighted by Gasteiger charge is 2.22. The molecule has 0 spiro atoms. The zero-order chi connectivity index (χ0) is 14.5. The van der Waals surface area contributed by atoms with Crippen molar-refractivity contribution in [1.29, 1.82) is 0 Å². The van der Waals surface area contributed by atoms with Crippen molar-refractivity contribution in [3.8, 4) is 0 Å². The number of rotatable bonds is 7. The number of thiophene rings is 1. The van der Waals surface area contributed by atoms with Gasteiger partial charge >= 0.3 is 0 Å². The highest BCUT2D eigenvalue weighted by molar-refractivity contribution is 7.09. The maximum Gasteiger partial charge on any atom is 0.0670 e. The SMILES string of the molecule is CCc1nn(C)cc1C(CN)N(CC)Cc1cccs1. The summed E-state index contributed by atoms with van der Waals surface area (Å²) in [6, 6.07) is 4.53. The second kappa shape index (κ2) is 7.02. The van der Waals surface area contributed by atoms with E-state index in [1.54, 1.807) is 11.3 Å². The average Bonchev–Trinajstić information content (AvgIpc) is 3.08. The van der Waals surface area contributed by atoms with E-state index >= 15 is 0 Å². The Balaban J connectivity index is 2.24. The molecule has 0 amide bonds. The van der Waals surface area contributed by atoms with E-state index in [0.29, 0.717) is 6.54 Å². The Morgan fingerprint density at radius 3 is 2.80 bits per heavy atom. The summed E-state index contributed by atoms with van der Waals surface area (Å²) in [5, 5.41) is 6.68. The van der Waals surface area contributed by atoms with E-state index in [1.807, 2.05) is 11.7 Å². The van der Waals surface area contributed by atoms with Crippen molar-refractivity contribution in [3.05, 3.63) is 39.8 Å². The van der Waals surface area contributed by atoms with E-state index in [1.165, 1.54) is 10.4 Å². The molecule has 1 unspecified atom stereocenters. The van der Waals surface area contributed by atoms with E-state index < -0.39 is 0 Å². The van der Waals surface area contributed by atoms with Gasteiger partial charge in [0.15, 0.2) is 0 Å². The van der Waals surface area contributed by atoms with Crippen molar-refractivity contribution in [1.82, 2.24) is 14.7 Å². The van der Waals surface area contributed by atoms with Crippen LogP contribution in [0.3, 0.4) is 0 Å². The molecule has 1 atom stereocenters. The quantitative estimate of drug-likeness (QED) is 0.853. The summed E-state index contributed by atoms with van der Waals surface area (Å²) in [5.74, 6) is 0. The third kappa shape index (κ3) is 3.29. The number of nitrogens with two attached hydrogens (primary N) is 1. The van der Waals surface area contributed by atoms with Gasteiger partial charge in [0.05, 0.1) is 11.7 Å². The summed E-state index contributed by atoms with van der Waals surface area (Å²) in [5.41, 5.74) is 8.50. The van der Waals surface area contributed by atoms with Crippen molar-refractivity contribution in [2.24, 2.45) is 12.8 Å². The van der Waals surface area contributed by atoms with Gasteiger partial charge in [-0.05, 0) is 24.4 Å². The monoisotopic (exact) mass is 292 g/mol. The lowest BCUT2D eigenvalue weighted by Gasteiger charge is -2.29. The Bertz CT molecular complexity index is 518. The van der Waals surface area contributed by atoms with Gasteiger partial charge < -0.3 is 5.73 Å². The zero-order valence-corrected chi connectivity index (χ0v) is 13.4. The summed E-state index contributed by atoms with van der Waals surface area (Å²) in [4.78, 5) is 3.81. The second-order valence-corrected chi connectivity index (χ2v) is 5.98. The van der Waals surface area contributed by atoms with Crippen molar-refractivity contribution in [2.75, 3.05) is 13.1 Å². The number of nitrogens with zero attached hydrogens (tertiary/aromatic N) is 3. The zero-order valence-electron chi connectivity index (χ0n) is 12.5. The number of likely N-dealkylation sites (N-methyl/N-ethyl adjacent to an activating group) is 1. The fourth-order valence-electron chi connectivity index (χ4n) is 2.62. The van der Waals surface area contributed by atoms with Gasteiger partial charge in [-0.15, -0.1) is 11.3 Å². The smallest absolute Gasteiger partial charge is 0.0670 e. The molecule has 0 bridgehead atoms. The molecule has 0 saturated heterocycles. The molecule has 2 rings (SSSR count). The molecule has 0 aliphatic carbocycles. The second-order valence-electron chi connectivity index (χ2n) is 4.95. The lowest BCUT2D eigenvalue weighted by atomic mass is 10.0. The van der Waals surface area contributed by atoms with Gasteiger partial charge in [0.2, 0.25) is 0 Å². The van der Waals surface area contributed by atoms with Crippen LogP contribution in [0, 0.1) is 0 Å². The predicted molar refractivity (Wildman–Crippen MR) is 84.8 cm³/mol. The molecule has 5 heteroatoms. The van der Waals surface area contributed by atoms with E-state index in [-0.39, 0.29) is 6.04 Å². The molecule has 0 radical (unpaired) electrons. The third-order valence-corrected chi connectivity index (χ3v) is 4.50. The molecule has 0 aliphatic rings. The van der Waals surface area contributed by atoms with Crippen LogP contribution in [0.25, 0.3) is 0 Å². The van der Waals surface area contributed by atoms with Crippen LogP contribution in [0.15, 0.2) is 23.7 Å². The van der Waals surface area contributed by atoms with Crippen molar-refractivity contribution < 1.29 is 0 Å². The minimum absolute atomic E-state index is 0.241. The highest BCUT2D eigenvalue weighted by Crippen LogP contribution is 2.25. The molecule has 2 aromatic rings. The maximum atomic E-state index is 6.07. The summed E-state index contributed by atoms with van der Waals surface area (Å²) >= 11 is 1.80. The van der Waals surface area contributed by atoms with Crippen LogP contribution in [0.5, 0.6) is 0 Å². The molecule has 2 N–H and O–H groups in total. The lowest BCUT2D eigenvalue weighted by molar-refractivity contribution is 0.204. The topological polar surface area (TPSA) is 47.1 Å². The summed E-state index contributed by atoms with van der Waals surface area (Å²) < 4.78 is 1.90. The van der Waals surface area contributed by atoms with Crippen molar-refractivity contribution in [3.63, 3.8) is 0 Å². The van der Waals surface area contributed by atoms with Gasteiger partial charge in [-0.2, -0.15) is 5.10 Å². The van der Waals surface area contributed by atoms with E-state index in [9.17, 15) is 0 Å². The van der Waals surface area contributed by atoms with Gasteiger partial charge in [-0.1, -0.05) is 19.9 Å². The van der Waals surface area contributed by atoms with Crippen molar-refractivity contribution in [2.45, 2.75) is 32.9 Å². The van der Waals surface area contributed by atoms with Crippen LogP contribution in [-0.4, -0.2) is 27.8 Å². The molecular weight excluding hydrogens is 268 g/mol. The molecule has 0 aliphatic heterocycles. The van der Waals surface area contributed by atoms with Crippen LogP contribution in [0.2, 0.25) is 0 Å². The fourth-order valence-corrected chi connectivity index (χ4v) is 3.35. The first-order valence-electron chi connectivity index (χ1n) is 7.18. The Morgan fingerprint density at radius 2 is 2.25 bits per heavy atom. The largest absolute Gasteiger partial charge is 0.329 e. The third-order valence-electron chi connectivity index (χ3n) is 3.64. The summed E-state index contributed by atoms with van der Waals surface area (Å²) in [7, 11) is 1.98. The molecule has 20 heavy (non-hydrogen) atoms. The van der Waals surface area contributed by atoms with E-state index in [0.717, 1.165) is 25.2 Å². The van der Waals surface area contributed by atoms with Crippen LogP contribution in [0.1, 0.15) is 36.0 Å². The van der Waals surface area contributed by atoms with Crippen LogP contribution < -0.4 is 5.73 Å². The molecule has 0 saturated carbocycles. The number of hydrogen-bond donors (Lipinski definition) is 1. The van der Waals surface area contributed by atoms with Gasteiger partial charge in [-0.25, -0.2) is 0 Å². The Labute approximate surface area is 125 Å². The van der Waals surface area contributed by atoms with Gasteiger partial charge in [0, 0.05) is 36.8 Å². The molecular formula is C15H24N4S. The molecule has 0 aromatic carbocycles. The fraction of sp³-hybridized carbons (Fsp3) is 0.533. The predicted octanol–water partition coefficient (Wildman–Crippen LogP) is 2.57. The number of aryl methyl sites for hydroxylation is 2. The maximum absolute atomic E-state index is 6.07. The molecule has 2 heterocycles. The standard InChI is InChI=1S/C15H24N4S/c1-4-14-13(11-18(3)17-14)15(9-16)19(5-2)10-12-7-6-8-20-12/h6-8,11,15H,4-5,9-10,16H2,1-3H3. The molecule has 4 nitrogen and oxygen atoms in total. The highest BCUT2D eigenvalue weighted by atomic mass is 32.1. The first-order chi connectivity index (χ1) is 9.69.